The van der Waals surface area contributed by atoms with E-state index in [2.05, 4.69) is 5.73 Å². The lowest BCUT2D eigenvalue weighted by Crippen LogP contribution is -2.40. The predicted molar refractivity (Wildman–Crippen MR) is 41.0 cm³/mol. The van der Waals surface area contributed by atoms with E-state index in [0.717, 1.165) is 0 Å². The zero-order valence-corrected chi connectivity index (χ0v) is 6.43. The van der Waals surface area contributed by atoms with Gasteiger partial charge in [0.1, 0.15) is 5.69 Å². The molecule has 4 N–H and O–H groups in total. The molecule has 0 saturated carbocycles. The Morgan fingerprint density at radius 2 is 2.18 bits per heavy atom. The molecule has 0 amide bonds. The molecule has 0 spiro atoms. The highest BCUT2D eigenvalue weighted by atomic mass is 35.5. The second-order valence-electron chi connectivity index (χ2n) is 2.12. The second-order valence-corrected chi connectivity index (χ2v) is 2.53. The van der Waals surface area contributed by atoms with Gasteiger partial charge in [-0.3, -0.25) is 0 Å². The lowest BCUT2D eigenvalue weighted by molar-refractivity contribution is -0.254. The van der Waals surface area contributed by atoms with Crippen LogP contribution < -0.4 is 5.73 Å². The van der Waals surface area contributed by atoms with E-state index in [1.54, 1.807) is 6.07 Å². The molecule has 3 nitrogen and oxygen atoms in total. The lowest BCUT2D eigenvalue weighted by atomic mass is 10.2. The second kappa shape index (κ2) is 2.90. The van der Waals surface area contributed by atoms with Crippen LogP contribution in [0.15, 0.2) is 18.2 Å². The van der Waals surface area contributed by atoms with Crippen molar-refractivity contribution in [2.24, 2.45) is 0 Å². The van der Waals surface area contributed by atoms with Crippen molar-refractivity contribution in [3.8, 4) is 0 Å². The first kappa shape index (κ1) is 8.04. The summed E-state index contributed by atoms with van der Waals surface area (Å²) in [4.78, 5) is 10.4. The van der Waals surface area contributed by atoms with Crippen LogP contribution in [-0.4, -0.2) is 11.1 Å². The van der Waals surface area contributed by atoms with E-state index in [1.165, 1.54) is 12.1 Å². The molecule has 0 heterocycles. The van der Waals surface area contributed by atoms with Crippen LogP contribution in [0.1, 0.15) is 10.4 Å². The predicted octanol–water partition coefficient (Wildman–Crippen LogP) is 0.912. The SMILES string of the molecule is [NH3+]c1ccc(C(=O)O)c(Cl)c1. The molecule has 0 aliphatic carbocycles. The van der Waals surface area contributed by atoms with Gasteiger partial charge in [0, 0.05) is 6.07 Å². The molecule has 0 atom stereocenters. The molecule has 0 bridgehead atoms. The van der Waals surface area contributed by atoms with Gasteiger partial charge in [-0.15, -0.1) is 0 Å². The molecule has 4 heteroatoms. The Morgan fingerprint density at radius 3 is 2.64 bits per heavy atom. The van der Waals surface area contributed by atoms with Gasteiger partial charge >= 0.3 is 5.97 Å². The standard InChI is InChI=1S/C7H6ClNO2/c8-6-3-4(9)1-2-5(6)7(10)11/h1-3H,9H2,(H,10,11)/p+1. The van der Waals surface area contributed by atoms with E-state index in [9.17, 15) is 4.79 Å². The van der Waals surface area contributed by atoms with E-state index in [-0.39, 0.29) is 10.6 Å². The van der Waals surface area contributed by atoms with Gasteiger partial charge in [-0.25, -0.2) is 4.79 Å². The van der Waals surface area contributed by atoms with Crippen LogP contribution in [0.5, 0.6) is 0 Å². The molecule has 0 unspecified atom stereocenters. The zero-order valence-electron chi connectivity index (χ0n) is 5.67. The Morgan fingerprint density at radius 1 is 1.55 bits per heavy atom. The Bertz CT molecular complexity index is 298. The van der Waals surface area contributed by atoms with Crippen molar-refractivity contribution in [3.05, 3.63) is 28.8 Å². The van der Waals surface area contributed by atoms with Crippen LogP contribution in [0.25, 0.3) is 0 Å². The summed E-state index contributed by atoms with van der Waals surface area (Å²) < 4.78 is 0. The quantitative estimate of drug-likeness (QED) is 0.662. The summed E-state index contributed by atoms with van der Waals surface area (Å²) in [5.41, 5.74) is 4.42. The normalized spacial score (nSPS) is 9.64. The highest BCUT2D eigenvalue weighted by Gasteiger charge is 2.08. The monoisotopic (exact) mass is 172 g/mol. The minimum absolute atomic E-state index is 0.110. The van der Waals surface area contributed by atoms with Crippen LogP contribution in [0, 0.1) is 0 Å². The van der Waals surface area contributed by atoms with Gasteiger partial charge in [0.15, 0.2) is 0 Å². The molecule has 1 rings (SSSR count). The molecule has 58 valence electrons. The fourth-order valence-electron chi connectivity index (χ4n) is 0.732. The van der Waals surface area contributed by atoms with E-state index in [1.807, 2.05) is 0 Å². The maximum absolute atomic E-state index is 10.4. The Balaban J connectivity index is 3.20. The molecular weight excluding hydrogens is 166 g/mol. The molecule has 0 saturated heterocycles. The third-order valence-corrected chi connectivity index (χ3v) is 1.58. The maximum Gasteiger partial charge on any atom is 0.337 e. The molecular formula is C7H7ClNO2+. The van der Waals surface area contributed by atoms with Crippen LogP contribution in [0.4, 0.5) is 5.69 Å². The van der Waals surface area contributed by atoms with Crippen LogP contribution in [0.3, 0.4) is 0 Å². The van der Waals surface area contributed by atoms with Crippen LogP contribution >= 0.6 is 11.6 Å². The van der Waals surface area contributed by atoms with Gasteiger partial charge in [-0.05, 0) is 12.1 Å². The van der Waals surface area contributed by atoms with Crippen molar-refractivity contribution in [3.63, 3.8) is 0 Å². The van der Waals surface area contributed by atoms with Gasteiger partial charge in [0.05, 0.1) is 10.6 Å². The molecule has 11 heavy (non-hydrogen) atoms. The van der Waals surface area contributed by atoms with Gasteiger partial charge in [0.25, 0.3) is 0 Å². The minimum Gasteiger partial charge on any atom is -0.478 e. The fraction of sp³-hybridized carbons (Fsp3) is 0. The molecule has 0 aliphatic rings. The van der Waals surface area contributed by atoms with Crippen molar-refractivity contribution >= 4 is 23.3 Å². The fourth-order valence-corrected chi connectivity index (χ4v) is 1.02. The average Bonchev–Trinajstić information content (AvgIpc) is 1.85. The lowest BCUT2D eigenvalue weighted by Gasteiger charge is -1.96. The third kappa shape index (κ3) is 1.69. The largest absolute Gasteiger partial charge is 0.478 e. The van der Waals surface area contributed by atoms with E-state index in [4.69, 9.17) is 16.7 Å². The van der Waals surface area contributed by atoms with Crippen molar-refractivity contribution in [1.29, 1.82) is 0 Å². The van der Waals surface area contributed by atoms with Crippen LogP contribution in [0.2, 0.25) is 5.02 Å². The number of carboxylic acids is 1. The number of rotatable bonds is 1. The Kier molecular flexibility index (Phi) is 2.12. The van der Waals surface area contributed by atoms with Crippen molar-refractivity contribution < 1.29 is 15.6 Å². The summed E-state index contributed by atoms with van der Waals surface area (Å²) in [6.07, 6.45) is 0. The molecule has 0 aliphatic heterocycles. The third-order valence-electron chi connectivity index (χ3n) is 1.26. The van der Waals surface area contributed by atoms with Crippen molar-refractivity contribution in [2.45, 2.75) is 0 Å². The smallest absolute Gasteiger partial charge is 0.337 e. The highest BCUT2D eigenvalue weighted by molar-refractivity contribution is 6.33. The molecule has 1 aromatic rings. The Labute approximate surface area is 68.4 Å². The molecule has 0 radical (unpaired) electrons. The summed E-state index contributed by atoms with van der Waals surface area (Å²) in [6.45, 7) is 0. The van der Waals surface area contributed by atoms with Crippen LogP contribution in [-0.2, 0) is 0 Å². The van der Waals surface area contributed by atoms with E-state index >= 15 is 0 Å². The summed E-state index contributed by atoms with van der Waals surface area (Å²) in [7, 11) is 0. The summed E-state index contributed by atoms with van der Waals surface area (Å²) in [6, 6.07) is 4.56. The number of benzene rings is 1. The minimum atomic E-state index is -1.02. The number of hydrogen-bond donors (Lipinski definition) is 2. The first-order valence-electron chi connectivity index (χ1n) is 2.96. The maximum atomic E-state index is 10.4. The number of hydrogen-bond acceptors (Lipinski definition) is 1. The van der Waals surface area contributed by atoms with Gasteiger partial charge in [0.2, 0.25) is 0 Å². The number of halogens is 1. The number of quaternary nitrogens is 1. The van der Waals surface area contributed by atoms with E-state index in [0.29, 0.717) is 5.69 Å². The molecule has 0 aromatic heterocycles. The van der Waals surface area contributed by atoms with E-state index < -0.39 is 5.97 Å². The average molecular weight is 173 g/mol. The van der Waals surface area contributed by atoms with Gasteiger partial charge < -0.3 is 10.8 Å². The zero-order chi connectivity index (χ0) is 8.43. The highest BCUT2D eigenvalue weighted by Crippen LogP contribution is 2.17. The summed E-state index contributed by atoms with van der Waals surface area (Å²) in [5, 5.41) is 8.78. The number of aromatic carboxylic acids is 1. The first-order chi connectivity index (χ1) is 5.11. The first-order valence-corrected chi connectivity index (χ1v) is 3.34. The number of carboxylic acid groups (broad SMARTS) is 1. The topological polar surface area (TPSA) is 64.9 Å². The summed E-state index contributed by atoms with van der Waals surface area (Å²) in [5.74, 6) is -1.02. The Hall–Kier alpha value is -1.06. The van der Waals surface area contributed by atoms with Crippen molar-refractivity contribution in [2.75, 3.05) is 0 Å². The summed E-state index contributed by atoms with van der Waals surface area (Å²) >= 11 is 5.60. The van der Waals surface area contributed by atoms with Gasteiger partial charge in [-0.1, -0.05) is 11.6 Å². The van der Waals surface area contributed by atoms with Gasteiger partial charge in [-0.2, -0.15) is 0 Å². The molecule has 1 aromatic carbocycles. The van der Waals surface area contributed by atoms with Crippen molar-refractivity contribution in [1.82, 2.24) is 0 Å². The number of carbonyl (C=O) groups is 1. The molecule has 0 fully saturated rings.